The summed E-state index contributed by atoms with van der Waals surface area (Å²) in [6.07, 6.45) is 7.01. The molecule has 3 heteroatoms. The molecule has 4 fully saturated rings. The second-order valence-corrected chi connectivity index (χ2v) is 7.06. The first-order valence-corrected chi connectivity index (χ1v) is 6.30. The Balaban J connectivity index is 1.89. The minimum atomic E-state index is -0.879. The molecule has 4 bridgehead atoms. The summed E-state index contributed by atoms with van der Waals surface area (Å²) in [6, 6.07) is 0. The van der Waals surface area contributed by atoms with Crippen LogP contribution < -0.4 is 5.11 Å². The van der Waals surface area contributed by atoms with E-state index in [2.05, 4.69) is 0 Å². The predicted molar refractivity (Wildman–Crippen MR) is 56.8 cm³/mol. The fraction of sp³-hybridized carbons (Fsp3) is 0.917. The lowest BCUT2D eigenvalue weighted by Crippen LogP contribution is -2.55. The molecule has 2 nitrogen and oxygen atoms in total. The van der Waals surface area contributed by atoms with Crippen LogP contribution in [0.15, 0.2) is 0 Å². The van der Waals surface area contributed by atoms with Crippen LogP contribution in [0.4, 0.5) is 0 Å². The molecule has 0 radical (unpaired) electrons. The molecule has 4 saturated carbocycles. The van der Waals surface area contributed by atoms with E-state index in [0.29, 0.717) is 11.8 Å². The number of carboxylic acid groups (broad SMARTS) is 1. The van der Waals surface area contributed by atoms with Gasteiger partial charge < -0.3 is 22.5 Å². The van der Waals surface area contributed by atoms with Crippen LogP contribution in [0, 0.1) is 17.3 Å². The van der Waals surface area contributed by atoms with Crippen molar-refractivity contribution in [1.82, 2.24) is 0 Å². The van der Waals surface area contributed by atoms with Gasteiger partial charge in [-0.1, -0.05) is 19.3 Å². The van der Waals surface area contributed by atoms with Crippen molar-refractivity contribution < 1.29 is 9.90 Å². The van der Waals surface area contributed by atoms with E-state index in [-0.39, 0.29) is 16.6 Å². The molecule has 0 saturated heterocycles. The summed E-state index contributed by atoms with van der Waals surface area (Å²) < 4.78 is 0.0412. The van der Waals surface area contributed by atoms with Gasteiger partial charge in [-0.15, -0.1) is 0 Å². The van der Waals surface area contributed by atoms with Crippen LogP contribution in [0.5, 0.6) is 0 Å². The summed E-state index contributed by atoms with van der Waals surface area (Å²) in [6.45, 7) is 0. The predicted octanol–water partition coefficient (Wildman–Crippen LogP) is 1.01. The van der Waals surface area contributed by atoms with Crippen molar-refractivity contribution in [1.29, 1.82) is 0 Å². The highest BCUT2D eigenvalue weighted by Gasteiger charge is 2.52. The molecule has 0 spiro atoms. The second-order valence-electron chi connectivity index (χ2n) is 6.19. The molecule has 0 aromatic carbocycles. The summed E-state index contributed by atoms with van der Waals surface area (Å²) in [4.78, 5) is 10.8. The summed E-state index contributed by atoms with van der Waals surface area (Å²) in [7, 11) is 0. The zero-order valence-electron chi connectivity index (χ0n) is 8.83. The van der Waals surface area contributed by atoms with Gasteiger partial charge >= 0.3 is 0 Å². The van der Waals surface area contributed by atoms with Crippen molar-refractivity contribution in [3.05, 3.63) is 0 Å². The first-order valence-electron chi connectivity index (χ1n) is 5.89. The Morgan fingerprint density at radius 3 is 2.33 bits per heavy atom. The van der Waals surface area contributed by atoms with Crippen LogP contribution in [-0.4, -0.2) is 10.7 Å². The van der Waals surface area contributed by atoms with E-state index in [1.807, 2.05) is 0 Å². The van der Waals surface area contributed by atoms with E-state index in [1.165, 1.54) is 6.42 Å². The first kappa shape index (κ1) is 10.0. The molecule has 84 valence electrons. The Hall–Kier alpha value is -0.180. The zero-order chi connectivity index (χ0) is 10.7. The lowest BCUT2D eigenvalue weighted by Gasteiger charge is -2.66. The van der Waals surface area contributed by atoms with E-state index in [1.54, 1.807) is 0 Å². The number of hydrogen-bond acceptors (Lipinski definition) is 3. The molecular weight excluding hydrogens is 208 g/mol. The third-order valence-corrected chi connectivity index (χ3v) is 5.13. The van der Waals surface area contributed by atoms with Crippen LogP contribution >= 0.6 is 0 Å². The fourth-order valence-corrected chi connectivity index (χ4v) is 5.66. The maximum atomic E-state index is 10.8. The van der Waals surface area contributed by atoms with Gasteiger partial charge in [0.25, 0.3) is 0 Å². The Bertz CT molecular complexity index is 299. The topological polar surface area (TPSA) is 40.1 Å². The average Bonchev–Trinajstić information content (AvgIpc) is 1.94. The summed E-state index contributed by atoms with van der Waals surface area (Å²) >= 11 is 5.70. The molecule has 0 aromatic heterocycles. The van der Waals surface area contributed by atoms with Crippen molar-refractivity contribution in [2.24, 2.45) is 17.3 Å². The van der Waals surface area contributed by atoms with Crippen molar-refractivity contribution in [3.8, 4) is 0 Å². The van der Waals surface area contributed by atoms with E-state index < -0.39 is 5.97 Å². The highest BCUT2D eigenvalue weighted by Crippen LogP contribution is 2.63. The highest BCUT2D eigenvalue weighted by molar-refractivity contribution is 7.60. The van der Waals surface area contributed by atoms with Gasteiger partial charge in [-0.05, 0) is 42.9 Å². The molecule has 0 heterocycles. The van der Waals surface area contributed by atoms with Crippen molar-refractivity contribution in [3.63, 3.8) is 0 Å². The molecule has 15 heavy (non-hydrogen) atoms. The maximum Gasteiger partial charge on any atom is 0.0419 e. The quantitative estimate of drug-likeness (QED) is 0.657. The Kier molecular flexibility index (Phi) is 1.96. The Morgan fingerprint density at radius 1 is 1.27 bits per heavy atom. The number of aliphatic carboxylic acids is 1. The molecule has 0 aliphatic heterocycles. The summed E-state index contributed by atoms with van der Waals surface area (Å²) in [5.74, 6) is 0.543. The van der Waals surface area contributed by atoms with E-state index in [0.717, 1.165) is 32.1 Å². The van der Waals surface area contributed by atoms with E-state index in [9.17, 15) is 9.90 Å². The standard InChI is InChI=1S/C12H18O2S/c13-10(14)6-11-2-8-1-9(3-11)5-12(15,4-8)7-11/h8-9,15H,1-7H2,(H,13,14)/p-2. The minimum absolute atomic E-state index is 0.0185. The van der Waals surface area contributed by atoms with E-state index >= 15 is 0 Å². The lowest BCUT2D eigenvalue weighted by molar-refractivity contribution is -0.309. The average molecular weight is 224 g/mol. The van der Waals surface area contributed by atoms with Crippen LogP contribution in [0.25, 0.3) is 0 Å². The minimum Gasteiger partial charge on any atom is -0.786 e. The molecular formula is C12H16O2S-2. The fourth-order valence-electron chi connectivity index (χ4n) is 4.88. The van der Waals surface area contributed by atoms with Gasteiger partial charge in [0.2, 0.25) is 0 Å². The monoisotopic (exact) mass is 224 g/mol. The third-order valence-electron chi connectivity index (χ3n) is 4.65. The molecule has 4 aliphatic carbocycles. The lowest BCUT2D eigenvalue weighted by atomic mass is 9.48. The van der Waals surface area contributed by atoms with Crippen LogP contribution in [-0.2, 0) is 17.4 Å². The second kappa shape index (κ2) is 2.93. The summed E-state index contributed by atoms with van der Waals surface area (Å²) in [5.41, 5.74) is 0.0185. The van der Waals surface area contributed by atoms with Crippen molar-refractivity contribution >= 4 is 18.6 Å². The third kappa shape index (κ3) is 1.59. The number of carbonyl (C=O) groups is 1. The van der Waals surface area contributed by atoms with Crippen molar-refractivity contribution in [2.45, 2.75) is 49.7 Å². The number of hydrogen-bond donors (Lipinski definition) is 0. The number of carboxylic acids is 1. The van der Waals surface area contributed by atoms with Crippen LogP contribution in [0.2, 0.25) is 0 Å². The van der Waals surface area contributed by atoms with Crippen molar-refractivity contribution in [2.75, 3.05) is 0 Å². The number of rotatable bonds is 2. The van der Waals surface area contributed by atoms with Gasteiger partial charge in [0.1, 0.15) is 0 Å². The normalized spacial score (nSPS) is 52.1. The highest BCUT2D eigenvalue weighted by atomic mass is 32.1. The van der Waals surface area contributed by atoms with Gasteiger partial charge in [0, 0.05) is 5.97 Å². The molecule has 2 unspecified atom stereocenters. The molecule has 0 N–H and O–H groups in total. The molecule has 4 aliphatic rings. The Morgan fingerprint density at radius 2 is 1.87 bits per heavy atom. The molecule has 2 atom stereocenters. The summed E-state index contributed by atoms with van der Waals surface area (Å²) in [5, 5.41) is 10.8. The van der Waals surface area contributed by atoms with Gasteiger partial charge in [-0.25, -0.2) is 0 Å². The van der Waals surface area contributed by atoms with Gasteiger partial charge in [-0.3, -0.25) is 0 Å². The Labute approximate surface area is 95.8 Å². The molecule has 4 rings (SSSR count). The van der Waals surface area contributed by atoms with E-state index in [4.69, 9.17) is 12.6 Å². The molecule has 0 amide bonds. The van der Waals surface area contributed by atoms with Gasteiger partial charge in [0.15, 0.2) is 0 Å². The van der Waals surface area contributed by atoms with Crippen LogP contribution in [0.1, 0.15) is 44.9 Å². The SMILES string of the molecule is O=C([O-])CC12CC3CC(CC([S-])(C3)C1)C2. The maximum absolute atomic E-state index is 10.8. The number of carbonyl (C=O) groups excluding carboxylic acids is 1. The van der Waals surface area contributed by atoms with Gasteiger partial charge in [0.05, 0.1) is 0 Å². The smallest absolute Gasteiger partial charge is 0.0419 e. The first-order chi connectivity index (χ1) is 6.99. The largest absolute Gasteiger partial charge is 0.786 e. The zero-order valence-corrected chi connectivity index (χ0v) is 9.65. The van der Waals surface area contributed by atoms with Crippen LogP contribution in [0.3, 0.4) is 0 Å². The molecule has 0 aromatic rings. The van der Waals surface area contributed by atoms with Gasteiger partial charge in [-0.2, -0.15) is 4.75 Å².